The van der Waals surface area contributed by atoms with Crippen LogP contribution < -0.4 is 10.9 Å². The summed E-state index contributed by atoms with van der Waals surface area (Å²) >= 11 is 0. The summed E-state index contributed by atoms with van der Waals surface area (Å²) in [6, 6.07) is 9.99. The van der Waals surface area contributed by atoms with Gasteiger partial charge in [-0.15, -0.1) is 0 Å². The van der Waals surface area contributed by atoms with Crippen molar-refractivity contribution in [3.05, 3.63) is 81.6 Å². The Balaban J connectivity index is 1.63. The number of nitrogens with zero attached hydrogens (tertiary/aromatic N) is 5. The van der Waals surface area contributed by atoms with Crippen molar-refractivity contribution >= 4 is 28.9 Å². The number of fused-ring (bicyclic) bond motifs is 1. The number of alkyl halides is 3. The lowest BCUT2D eigenvalue weighted by Crippen LogP contribution is -2.39. The van der Waals surface area contributed by atoms with Crippen LogP contribution in [-0.2, 0) is 9.63 Å². The summed E-state index contributed by atoms with van der Waals surface area (Å²) in [6.45, 7) is 8.46. The highest BCUT2D eigenvalue weighted by atomic mass is 19.4. The molecule has 1 N–H and O–H groups in total. The van der Waals surface area contributed by atoms with E-state index in [-0.39, 0.29) is 40.7 Å². The molecule has 15 heteroatoms. The van der Waals surface area contributed by atoms with Crippen molar-refractivity contribution in [2.45, 2.75) is 46.2 Å². The smallest absolute Gasteiger partial charge is 0.354 e. The third-order valence-corrected chi connectivity index (χ3v) is 8.25. The molecule has 49 heavy (non-hydrogen) atoms. The number of carbonyl (C=O) groups excluding carboxylic acids is 2. The number of benzene rings is 2. The van der Waals surface area contributed by atoms with E-state index in [2.05, 4.69) is 25.0 Å². The summed E-state index contributed by atoms with van der Waals surface area (Å²) < 4.78 is 70.2. The zero-order valence-electron chi connectivity index (χ0n) is 27.1. The third-order valence-electron chi connectivity index (χ3n) is 8.25. The third kappa shape index (κ3) is 8.04. The van der Waals surface area contributed by atoms with Gasteiger partial charge in [-0.05, 0) is 87.6 Å². The van der Waals surface area contributed by atoms with Crippen LogP contribution in [0.3, 0.4) is 0 Å². The van der Waals surface area contributed by atoms with Gasteiger partial charge in [0, 0.05) is 29.1 Å². The molecule has 2 aromatic heterocycles. The molecule has 4 aromatic rings. The van der Waals surface area contributed by atoms with Crippen LogP contribution >= 0.6 is 0 Å². The minimum Gasteiger partial charge on any atom is -0.354 e. The van der Waals surface area contributed by atoms with Gasteiger partial charge in [0.2, 0.25) is 5.95 Å². The Hall–Kier alpha value is -4.92. The van der Waals surface area contributed by atoms with Crippen LogP contribution in [0.4, 0.5) is 27.9 Å². The van der Waals surface area contributed by atoms with E-state index in [1.165, 1.54) is 18.2 Å². The number of hydrogen-bond acceptors (Lipinski definition) is 8. The van der Waals surface area contributed by atoms with E-state index >= 15 is 8.78 Å². The fraction of sp³-hybridized carbons (Fsp3) is 0.382. The summed E-state index contributed by atoms with van der Waals surface area (Å²) in [5, 5.41) is 3.74. The summed E-state index contributed by atoms with van der Waals surface area (Å²) in [4.78, 5) is 54.4. The van der Waals surface area contributed by atoms with Gasteiger partial charge in [0.25, 0.3) is 11.5 Å². The number of hydroxylamine groups is 2. The normalized spacial score (nSPS) is 13.2. The second kappa shape index (κ2) is 14.7. The SMILES string of the molecule is CCN(CC)CCCNc1nc(-c2cc(C(=O)N(CC3CC3)OC(=O)C(F)(F)F)ccc2C)c2ccc(=O)n(-c3c(F)cccc3F)c2n1. The first-order valence-corrected chi connectivity index (χ1v) is 15.9. The molecule has 0 atom stereocenters. The quantitative estimate of drug-likeness (QED) is 0.109. The molecule has 0 radical (unpaired) electrons. The lowest BCUT2D eigenvalue weighted by molar-refractivity contribution is -0.229. The molecule has 2 aromatic carbocycles. The van der Waals surface area contributed by atoms with Gasteiger partial charge in [-0.2, -0.15) is 23.2 Å². The van der Waals surface area contributed by atoms with E-state index in [4.69, 9.17) is 0 Å². The molecule has 0 unspecified atom stereocenters. The predicted molar refractivity (Wildman–Crippen MR) is 172 cm³/mol. The molecular formula is C34H35F5N6O4. The molecule has 1 fully saturated rings. The van der Waals surface area contributed by atoms with Gasteiger partial charge in [0.15, 0.2) is 5.65 Å². The van der Waals surface area contributed by atoms with Crippen molar-refractivity contribution in [3.63, 3.8) is 0 Å². The van der Waals surface area contributed by atoms with Crippen LogP contribution in [0, 0.1) is 24.5 Å². The van der Waals surface area contributed by atoms with Crippen molar-refractivity contribution < 1.29 is 36.4 Å². The van der Waals surface area contributed by atoms with E-state index < -0.39 is 40.9 Å². The Morgan fingerprint density at radius 1 is 1.02 bits per heavy atom. The predicted octanol–water partition coefficient (Wildman–Crippen LogP) is 6.05. The van der Waals surface area contributed by atoms with Gasteiger partial charge >= 0.3 is 12.1 Å². The monoisotopic (exact) mass is 686 g/mol. The molecule has 0 saturated heterocycles. The lowest BCUT2D eigenvalue weighted by Gasteiger charge is -2.22. The number of aryl methyl sites for hydroxylation is 1. The molecule has 0 aliphatic heterocycles. The van der Waals surface area contributed by atoms with Gasteiger partial charge in [-0.3, -0.25) is 14.2 Å². The molecule has 1 amide bonds. The van der Waals surface area contributed by atoms with Crippen LogP contribution in [0.2, 0.25) is 0 Å². The topological polar surface area (TPSA) is 110 Å². The zero-order valence-corrected chi connectivity index (χ0v) is 27.1. The van der Waals surface area contributed by atoms with Crippen molar-refractivity contribution in [1.29, 1.82) is 0 Å². The maximum Gasteiger partial charge on any atom is 0.493 e. The number of para-hydroxylation sites is 1. The van der Waals surface area contributed by atoms with Crippen LogP contribution in [-0.4, -0.2) is 75.3 Å². The summed E-state index contributed by atoms with van der Waals surface area (Å²) in [7, 11) is 0. The van der Waals surface area contributed by atoms with Crippen LogP contribution in [0.5, 0.6) is 0 Å². The highest BCUT2D eigenvalue weighted by Crippen LogP contribution is 2.34. The lowest BCUT2D eigenvalue weighted by atomic mass is 9.99. The highest BCUT2D eigenvalue weighted by Gasteiger charge is 2.44. The molecule has 5 rings (SSSR count). The number of hydrogen-bond donors (Lipinski definition) is 1. The first-order chi connectivity index (χ1) is 23.3. The molecule has 1 aliphatic rings. The van der Waals surface area contributed by atoms with Crippen LogP contribution in [0.25, 0.3) is 28.0 Å². The average Bonchev–Trinajstić information content (AvgIpc) is 3.88. The van der Waals surface area contributed by atoms with Crippen molar-refractivity contribution in [2.24, 2.45) is 5.92 Å². The Kier molecular flexibility index (Phi) is 10.6. The minimum absolute atomic E-state index is 0.0312. The zero-order chi connectivity index (χ0) is 35.5. The van der Waals surface area contributed by atoms with Gasteiger partial charge in [0.05, 0.1) is 12.2 Å². The Morgan fingerprint density at radius 2 is 1.71 bits per heavy atom. The number of carbonyl (C=O) groups is 2. The second-order valence-corrected chi connectivity index (χ2v) is 11.7. The largest absolute Gasteiger partial charge is 0.493 e. The first kappa shape index (κ1) is 35.4. The van der Waals surface area contributed by atoms with E-state index in [0.29, 0.717) is 42.0 Å². The molecule has 1 aliphatic carbocycles. The van der Waals surface area contributed by atoms with Gasteiger partial charge in [0.1, 0.15) is 17.3 Å². The first-order valence-electron chi connectivity index (χ1n) is 15.9. The minimum atomic E-state index is -5.32. The second-order valence-electron chi connectivity index (χ2n) is 11.7. The Bertz CT molecular complexity index is 1900. The molecule has 1 saturated carbocycles. The summed E-state index contributed by atoms with van der Waals surface area (Å²) in [5.74, 6) is -5.60. The molecular weight excluding hydrogens is 651 g/mol. The molecule has 2 heterocycles. The number of rotatable bonds is 12. The standard InChI is InChI=1S/C34H35F5N6O4/c1-4-43(5-2)17-7-16-40-33-41-28(23-14-15-27(46)45(30(23)42-33)29-25(35)8-6-9-26(29)36)24-18-22(13-10-20(24)3)31(47)44(19-21-11-12-21)49-32(48)34(37,38)39/h6,8-10,13-15,18,21H,4-5,7,11-12,16-17,19H2,1-3H3,(H,40,41,42). The number of halogens is 5. The van der Waals surface area contributed by atoms with Crippen molar-refractivity contribution in [2.75, 3.05) is 38.0 Å². The summed E-state index contributed by atoms with van der Waals surface area (Å²) in [6.07, 6.45) is -3.30. The van der Waals surface area contributed by atoms with E-state index in [1.807, 2.05) is 13.8 Å². The molecule has 260 valence electrons. The van der Waals surface area contributed by atoms with Gasteiger partial charge in [-0.25, -0.2) is 18.6 Å². The Morgan fingerprint density at radius 3 is 2.35 bits per heavy atom. The fourth-order valence-electron chi connectivity index (χ4n) is 5.36. The highest BCUT2D eigenvalue weighted by molar-refractivity contribution is 5.98. The maximum atomic E-state index is 15.1. The van der Waals surface area contributed by atoms with E-state index in [1.54, 1.807) is 13.0 Å². The molecule has 0 bridgehead atoms. The number of pyridine rings is 1. The van der Waals surface area contributed by atoms with Crippen LogP contribution in [0.1, 0.15) is 49.0 Å². The number of anilines is 1. The number of nitrogens with one attached hydrogen (secondary N) is 1. The maximum absolute atomic E-state index is 15.1. The van der Waals surface area contributed by atoms with Gasteiger partial charge in [-0.1, -0.05) is 26.0 Å². The average molecular weight is 687 g/mol. The number of aromatic nitrogens is 3. The van der Waals surface area contributed by atoms with Gasteiger partial charge < -0.3 is 15.1 Å². The van der Waals surface area contributed by atoms with E-state index in [9.17, 15) is 27.6 Å². The fourth-order valence-corrected chi connectivity index (χ4v) is 5.36. The van der Waals surface area contributed by atoms with E-state index in [0.717, 1.165) is 48.5 Å². The van der Waals surface area contributed by atoms with Crippen molar-refractivity contribution in [1.82, 2.24) is 24.5 Å². The number of amides is 1. The van der Waals surface area contributed by atoms with Crippen molar-refractivity contribution in [3.8, 4) is 16.9 Å². The van der Waals surface area contributed by atoms with Crippen LogP contribution in [0.15, 0.2) is 53.3 Å². The molecule has 0 spiro atoms. The Labute approximate surface area is 278 Å². The molecule has 10 nitrogen and oxygen atoms in total. The summed E-state index contributed by atoms with van der Waals surface area (Å²) in [5.41, 5.74) is -0.579.